The number of para-hydroxylation sites is 1. The van der Waals surface area contributed by atoms with Gasteiger partial charge in [-0.25, -0.2) is 0 Å². The Morgan fingerprint density at radius 2 is 1.90 bits per heavy atom. The molecule has 5 heteroatoms. The fraction of sp³-hybridized carbons (Fsp3) is 0.533. The number of piperazine rings is 1. The third-order valence-corrected chi connectivity index (χ3v) is 3.99. The van der Waals surface area contributed by atoms with E-state index in [-0.39, 0.29) is 12.5 Å². The van der Waals surface area contributed by atoms with E-state index in [0.29, 0.717) is 6.04 Å². The molecule has 3 rings (SSSR count). The largest absolute Gasteiger partial charge is 0.484 e. The summed E-state index contributed by atoms with van der Waals surface area (Å²) in [5.74, 6) is 0.834. The minimum atomic E-state index is 0.0836. The summed E-state index contributed by atoms with van der Waals surface area (Å²) in [5.41, 5.74) is 0. The van der Waals surface area contributed by atoms with Crippen LogP contribution in [0.3, 0.4) is 0 Å². The maximum absolute atomic E-state index is 12.0. The molecule has 1 amide bonds. The van der Waals surface area contributed by atoms with Gasteiger partial charge in [-0.1, -0.05) is 18.2 Å². The zero-order valence-electron chi connectivity index (χ0n) is 11.6. The van der Waals surface area contributed by atoms with Crippen LogP contribution < -0.4 is 10.1 Å². The number of carbonyl (C=O) groups is 1. The molecule has 1 N–H and O–H groups in total. The highest BCUT2D eigenvalue weighted by Gasteiger charge is 2.35. The van der Waals surface area contributed by atoms with E-state index in [0.717, 1.165) is 45.0 Å². The highest BCUT2D eigenvalue weighted by Crippen LogP contribution is 2.16. The quantitative estimate of drug-likeness (QED) is 0.851. The van der Waals surface area contributed by atoms with Crippen molar-refractivity contribution in [2.75, 3.05) is 45.9 Å². The first kappa shape index (κ1) is 13.4. The van der Waals surface area contributed by atoms with Crippen LogP contribution in [0.1, 0.15) is 0 Å². The van der Waals surface area contributed by atoms with Crippen LogP contribution in [0.5, 0.6) is 5.75 Å². The third-order valence-electron chi connectivity index (χ3n) is 3.99. The highest BCUT2D eigenvalue weighted by molar-refractivity contribution is 5.78. The van der Waals surface area contributed by atoms with Crippen molar-refractivity contribution in [3.63, 3.8) is 0 Å². The second kappa shape index (κ2) is 6.24. The van der Waals surface area contributed by atoms with Crippen LogP contribution >= 0.6 is 0 Å². The normalized spacial score (nSPS) is 20.5. The number of amides is 1. The van der Waals surface area contributed by atoms with Crippen LogP contribution in [0, 0.1) is 0 Å². The van der Waals surface area contributed by atoms with E-state index in [4.69, 9.17) is 4.74 Å². The van der Waals surface area contributed by atoms with Gasteiger partial charge in [-0.3, -0.25) is 9.69 Å². The molecule has 2 fully saturated rings. The summed E-state index contributed by atoms with van der Waals surface area (Å²) in [6.45, 7) is 6.12. The first-order valence-electron chi connectivity index (χ1n) is 7.23. The van der Waals surface area contributed by atoms with Crippen LogP contribution in [0.2, 0.25) is 0 Å². The molecule has 0 radical (unpaired) electrons. The first-order valence-corrected chi connectivity index (χ1v) is 7.23. The average Bonchev–Trinajstić information content (AvgIpc) is 2.46. The number of likely N-dealkylation sites (tertiary alicyclic amines) is 1. The predicted octanol–water partition coefficient (Wildman–Crippen LogP) is 0.181. The van der Waals surface area contributed by atoms with Crippen molar-refractivity contribution >= 4 is 5.91 Å². The second-order valence-electron chi connectivity index (χ2n) is 5.34. The summed E-state index contributed by atoms with van der Waals surface area (Å²) >= 11 is 0. The maximum atomic E-state index is 12.0. The highest BCUT2D eigenvalue weighted by atomic mass is 16.5. The van der Waals surface area contributed by atoms with E-state index in [2.05, 4.69) is 10.2 Å². The van der Waals surface area contributed by atoms with Crippen molar-refractivity contribution in [1.29, 1.82) is 0 Å². The van der Waals surface area contributed by atoms with Crippen molar-refractivity contribution in [2.24, 2.45) is 0 Å². The maximum Gasteiger partial charge on any atom is 0.260 e. The fourth-order valence-electron chi connectivity index (χ4n) is 2.69. The van der Waals surface area contributed by atoms with Crippen LogP contribution in [0.15, 0.2) is 30.3 Å². The van der Waals surface area contributed by atoms with Gasteiger partial charge < -0.3 is 15.0 Å². The molecule has 20 heavy (non-hydrogen) atoms. The lowest BCUT2D eigenvalue weighted by Crippen LogP contribution is -2.64. The standard InChI is InChI=1S/C15H21N3O2/c19-15(12-20-14-4-2-1-3-5-14)18-10-13(11-18)17-8-6-16-7-9-17/h1-5,13,16H,6-12H2. The molecule has 0 bridgehead atoms. The lowest BCUT2D eigenvalue weighted by Gasteiger charge is -2.46. The van der Waals surface area contributed by atoms with Gasteiger partial charge in [0.15, 0.2) is 6.61 Å². The molecule has 2 saturated heterocycles. The summed E-state index contributed by atoms with van der Waals surface area (Å²) in [7, 11) is 0. The number of ether oxygens (including phenoxy) is 1. The topological polar surface area (TPSA) is 44.8 Å². The summed E-state index contributed by atoms with van der Waals surface area (Å²) in [4.78, 5) is 16.4. The van der Waals surface area contributed by atoms with E-state index in [9.17, 15) is 4.79 Å². The molecule has 2 aliphatic rings. The molecule has 2 heterocycles. The number of rotatable bonds is 4. The van der Waals surface area contributed by atoms with E-state index in [1.54, 1.807) is 0 Å². The fourth-order valence-corrected chi connectivity index (χ4v) is 2.69. The predicted molar refractivity (Wildman–Crippen MR) is 76.7 cm³/mol. The van der Waals surface area contributed by atoms with Crippen LogP contribution in [-0.4, -0.2) is 67.6 Å². The van der Waals surface area contributed by atoms with Crippen molar-refractivity contribution in [1.82, 2.24) is 15.1 Å². The summed E-state index contributed by atoms with van der Waals surface area (Å²) in [5, 5.41) is 3.35. The SMILES string of the molecule is O=C(COc1ccccc1)N1CC(N2CCNCC2)C1. The summed E-state index contributed by atoms with van der Waals surface area (Å²) in [6, 6.07) is 10.0. The zero-order valence-corrected chi connectivity index (χ0v) is 11.6. The third kappa shape index (κ3) is 3.11. The summed E-state index contributed by atoms with van der Waals surface area (Å²) < 4.78 is 5.49. The summed E-state index contributed by atoms with van der Waals surface area (Å²) in [6.07, 6.45) is 0. The van der Waals surface area contributed by atoms with Gasteiger partial charge in [0.05, 0.1) is 0 Å². The Morgan fingerprint density at radius 3 is 2.60 bits per heavy atom. The van der Waals surface area contributed by atoms with Crippen molar-refractivity contribution in [2.45, 2.75) is 6.04 Å². The van der Waals surface area contributed by atoms with Crippen LogP contribution in [0.25, 0.3) is 0 Å². The molecular formula is C15H21N3O2. The van der Waals surface area contributed by atoms with Gasteiger partial charge in [0.25, 0.3) is 5.91 Å². The van der Waals surface area contributed by atoms with E-state index < -0.39 is 0 Å². The van der Waals surface area contributed by atoms with Crippen molar-refractivity contribution in [3.8, 4) is 5.75 Å². The Balaban J connectivity index is 1.39. The molecule has 108 valence electrons. The van der Waals surface area contributed by atoms with E-state index in [1.165, 1.54) is 0 Å². The number of hydrogen-bond donors (Lipinski definition) is 1. The van der Waals surface area contributed by atoms with Gasteiger partial charge in [0.1, 0.15) is 5.75 Å². The average molecular weight is 275 g/mol. The van der Waals surface area contributed by atoms with Gasteiger partial charge in [-0.15, -0.1) is 0 Å². The molecule has 1 aromatic carbocycles. The Morgan fingerprint density at radius 1 is 1.20 bits per heavy atom. The van der Waals surface area contributed by atoms with Gasteiger partial charge >= 0.3 is 0 Å². The minimum Gasteiger partial charge on any atom is -0.484 e. The Bertz CT molecular complexity index is 440. The molecule has 0 unspecified atom stereocenters. The van der Waals surface area contributed by atoms with Crippen LogP contribution in [-0.2, 0) is 4.79 Å². The number of carbonyl (C=O) groups excluding carboxylic acids is 1. The number of hydrogen-bond acceptors (Lipinski definition) is 4. The Kier molecular flexibility index (Phi) is 4.18. The smallest absolute Gasteiger partial charge is 0.260 e. The monoisotopic (exact) mass is 275 g/mol. The lowest BCUT2D eigenvalue weighted by atomic mass is 10.1. The lowest BCUT2D eigenvalue weighted by molar-refractivity contribution is -0.141. The van der Waals surface area contributed by atoms with Crippen molar-refractivity contribution in [3.05, 3.63) is 30.3 Å². The Hall–Kier alpha value is -1.59. The van der Waals surface area contributed by atoms with Gasteiger partial charge in [0.2, 0.25) is 0 Å². The first-order chi connectivity index (χ1) is 9.83. The molecule has 0 atom stereocenters. The number of nitrogens with zero attached hydrogens (tertiary/aromatic N) is 2. The molecule has 0 spiro atoms. The molecule has 0 aromatic heterocycles. The molecule has 0 saturated carbocycles. The number of benzene rings is 1. The van der Waals surface area contributed by atoms with Gasteiger partial charge in [-0.2, -0.15) is 0 Å². The molecule has 1 aromatic rings. The molecule has 0 aliphatic carbocycles. The van der Waals surface area contributed by atoms with Gasteiger partial charge in [0, 0.05) is 45.3 Å². The van der Waals surface area contributed by atoms with Gasteiger partial charge in [-0.05, 0) is 12.1 Å². The molecular weight excluding hydrogens is 254 g/mol. The Labute approximate surface area is 119 Å². The molecule has 2 aliphatic heterocycles. The van der Waals surface area contributed by atoms with Crippen LogP contribution in [0.4, 0.5) is 0 Å². The van der Waals surface area contributed by atoms with E-state index in [1.807, 2.05) is 35.2 Å². The van der Waals surface area contributed by atoms with E-state index >= 15 is 0 Å². The second-order valence-corrected chi connectivity index (χ2v) is 5.34. The minimum absolute atomic E-state index is 0.0836. The number of nitrogens with one attached hydrogen (secondary N) is 1. The molecule has 5 nitrogen and oxygen atoms in total. The zero-order chi connectivity index (χ0) is 13.8. The van der Waals surface area contributed by atoms with Crippen molar-refractivity contribution < 1.29 is 9.53 Å².